The fourth-order valence-electron chi connectivity index (χ4n) is 2.27. The van der Waals surface area contributed by atoms with Gasteiger partial charge in [-0.1, -0.05) is 35.3 Å². The van der Waals surface area contributed by atoms with Crippen molar-refractivity contribution in [2.24, 2.45) is 0 Å². The third-order valence-electron chi connectivity index (χ3n) is 4.02. The van der Waals surface area contributed by atoms with E-state index in [9.17, 15) is 9.59 Å². The number of aryl methyl sites for hydroxylation is 2. The summed E-state index contributed by atoms with van der Waals surface area (Å²) in [4.78, 5) is 25.9. The molecule has 0 radical (unpaired) electrons. The molecule has 2 rings (SSSR count). The Morgan fingerprint density at radius 1 is 1.04 bits per heavy atom. The Kier molecular flexibility index (Phi) is 6.45. The number of nitrogens with one attached hydrogen (secondary N) is 1. The van der Waals surface area contributed by atoms with Crippen LogP contribution in [0.15, 0.2) is 36.4 Å². The van der Waals surface area contributed by atoms with Crippen molar-refractivity contribution >= 4 is 35.0 Å². The summed E-state index contributed by atoms with van der Waals surface area (Å²) in [6, 6.07) is 10.6. The molecule has 1 N–H and O–H groups in total. The first-order valence-corrected chi connectivity index (χ1v) is 8.57. The number of hydrogen-bond donors (Lipinski definition) is 1. The van der Waals surface area contributed by atoms with Gasteiger partial charge in [0.05, 0.1) is 6.54 Å². The predicted octanol–water partition coefficient (Wildman–Crippen LogP) is 4.00. The second-order valence-electron chi connectivity index (χ2n) is 5.97. The normalized spacial score (nSPS) is 10.4. The van der Waals surface area contributed by atoms with Crippen LogP contribution in [0.25, 0.3) is 0 Å². The average Bonchev–Trinajstić information content (AvgIpc) is 2.57. The largest absolute Gasteiger partial charge is 0.343 e. The number of carbonyl (C=O) groups is 2. The number of amides is 2. The van der Waals surface area contributed by atoms with Crippen LogP contribution in [0.3, 0.4) is 0 Å². The van der Waals surface area contributed by atoms with Gasteiger partial charge in [-0.15, -0.1) is 0 Å². The average molecular weight is 379 g/mol. The quantitative estimate of drug-likeness (QED) is 0.854. The fourth-order valence-corrected chi connectivity index (χ4v) is 2.74. The van der Waals surface area contributed by atoms with Gasteiger partial charge >= 0.3 is 0 Å². The minimum Gasteiger partial charge on any atom is -0.343 e. The lowest BCUT2D eigenvalue weighted by molar-refractivity contribution is -0.129. The second-order valence-corrected chi connectivity index (χ2v) is 6.81. The zero-order chi connectivity index (χ0) is 18.6. The number of carbonyl (C=O) groups excluding carboxylic acids is 2. The van der Waals surface area contributed by atoms with Crippen molar-refractivity contribution in [3.05, 3.63) is 68.7 Å². The molecule has 0 atom stereocenters. The first-order valence-electron chi connectivity index (χ1n) is 7.81. The van der Waals surface area contributed by atoms with E-state index in [0.29, 0.717) is 22.2 Å². The molecular weight excluding hydrogens is 359 g/mol. The van der Waals surface area contributed by atoms with Crippen molar-refractivity contribution < 1.29 is 9.59 Å². The van der Waals surface area contributed by atoms with Gasteiger partial charge in [0.25, 0.3) is 5.91 Å². The summed E-state index contributed by atoms with van der Waals surface area (Å²) in [5.74, 6) is -0.474. The van der Waals surface area contributed by atoms with Crippen molar-refractivity contribution in [3.8, 4) is 0 Å². The predicted molar refractivity (Wildman–Crippen MR) is 101 cm³/mol. The number of nitrogens with zero attached hydrogens (tertiary/aromatic N) is 1. The van der Waals surface area contributed by atoms with Gasteiger partial charge in [-0.05, 0) is 54.8 Å². The summed E-state index contributed by atoms with van der Waals surface area (Å²) in [7, 11) is 1.66. The maximum absolute atomic E-state index is 12.2. The van der Waals surface area contributed by atoms with Crippen LogP contribution >= 0.6 is 23.2 Å². The number of benzene rings is 2. The van der Waals surface area contributed by atoms with E-state index in [0.717, 1.165) is 16.7 Å². The maximum atomic E-state index is 12.2. The van der Waals surface area contributed by atoms with Crippen LogP contribution in [0, 0.1) is 13.8 Å². The van der Waals surface area contributed by atoms with Crippen LogP contribution in [0.2, 0.25) is 10.0 Å². The van der Waals surface area contributed by atoms with Gasteiger partial charge in [0.1, 0.15) is 0 Å². The molecule has 0 aromatic heterocycles. The van der Waals surface area contributed by atoms with Gasteiger partial charge in [-0.25, -0.2) is 0 Å². The lowest BCUT2D eigenvalue weighted by atomic mass is 10.1. The topological polar surface area (TPSA) is 49.4 Å². The molecule has 0 aliphatic rings. The van der Waals surface area contributed by atoms with Crippen molar-refractivity contribution in [1.82, 2.24) is 10.2 Å². The fraction of sp³-hybridized carbons (Fsp3) is 0.263. The summed E-state index contributed by atoms with van der Waals surface area (Å²) in [6.45, 7) is 4.19. The highest BCUT2D eigenvalue weighted by atomic mass is 35.5. The molecule has 6 heteroatoms. The Labute approximate surface area is 157 Å². The smallest absolute Gasteiger partial charge is 0.251 e. The molecule has 0 bridgehead atoms. The number of hydrogen-bond acceptors (Lipinski definition) is 2. The molecule has 2 aromatic carbocycles. The van der Waals surface area contributed by atoms with E-state index in [1.54, 1.807) is 31.3 Å². The summed E-state index contributed by atoms with van der Waals surface area (Å²) >= 11 is 12.0. The van der Waals surface area contributed by atoms with E-state index in [2.05, 4.69) is 5.32 Å². The molecule has 2 aromatic rings. The molecule has 0 saturated carbocycles. The third-order valence-corrected chi connectivity index (χ3v) is 4.60. The summed E-state index contributed by atoms with van der Waals surface area (Å²) < 4.78 is 0. The Morgan fingerprint density at radius 2 is 1.76 bits per heavy atom. The van der Waals surface area contributed by atoms with E-state index in [-0.39, 0.29) is 18.4 Å². The molecular formula is C19H20Cl2N2O2. The van der Waals surface area contributed by atoms with Crippen molar-refractivity contribution in [2.45, 2.75) is 20.4 Å². The lowest BCUT2D eigenvalue weighted by Gasteiger charge is -2.18. The molecule has 0 aliphatic carbocycles. The number of rotatable bonds is 5. The van der Waals surface area contributed by atoms with Crippen LogP contribution in [-0.4, -0.2) is 30.3 Å². The molecule has 0 spiro atoms. The molecule has 0 saturated heterocycles. The Morgan fingerprint density at radius 3 is 2.40 bits per heavy atom. The van der Waals surface area contributed by atoms with Crippen LogP contribution in [-0.2, 0) is 11.3 Å². The van der Waals surface area contributed by atoms with Crippen LogP contribution in [0.4, 0.5) is 0 Å². The molecule has 132 valence electrons. The molecule has 0 fully saturated rings. The van der Waals surface area contributed by atoms with Gasteiger partial charge in [0.15, 0.2) is 0 Å². The van der Waals surface area contributed by atoms with Gasteiger partial charge in [-0.3, -0.25) is 9.59 Å². The molecule has 25 heavy (non-hydrogen) atoms. The summed E-state index contributed by atoms with van der Waals surface area (Å²) in [6.07, 6.45) is 0. The molecule has 0 unspecified atom stereocenters. The van der Waals surface area contributed by atoms with E-state index >= 15 is 0 Å². The first-order chi connectivity index (χ1) is 11.8. The van der Waals surface area contributed by atoms with E-state index in [1.165, 1.54) is 4.90 Å². The number of likely N-dealkylation sites (N-methyl/N-ethyl adjacent to an activating group) is 1. The molecule has 2 amide bonds. The molecule has 0 aliphatic heterocycles. The standard InChI is InChI=1S/C19H20Cl2N2O2/c1-12-4-5-14(8-13(12)2)19(25)22-10-18(24)23(3)11-15-6-7-16(20)9-17(15)21/h4-9H,10-11H2,1-3H3,(H,22,25). The lowest BCUT2D eigenvalue weighted by Crippen LogP contribution is -2.37. The van der Waals surface area contributed by atoms with E-state index in [1.807, 2.05) is 26.0 Å². The second kappa shape index (κ2) is 8.37. The molecule has 0 heterocycles. The molecule has 4 nitrogen and oxygen atoms in total. The minimum atomic E-state index is -0.269. The van der Waals surface area contributed by atoms with Crippen molar-refractivity contribution in [3.63, 3.8) is 0 Å². The first kappa shape index (κ1) is 19.3. The summed E-state index contributed by atoms with van der Waals surface area (Å²) in [5, 5.41) is 3.70. The van der Waals surface area contributed by atoms with Gasteiger partial charge in [0, 0.05) is 29.2 Å². The van der Waals surface area contributed by atoms with E-state index in [4.69, 9.17) is 23.2 Å². The van der Waals surface area contributed by atoms with Crippen LogP contribution in [0.5, 0.6) is 0 Å². The van der Waals surface area contributed by atoms with Gasteiger partial charge < -0.3 is 10.2 Å². The van der Waals surface area contributed by atoms with E-state index < -0.39 is 0 Å². The highest BCUT2D eigenvalue weighted by Crippen LogP contribution is 2.22. The zero-order valence-corrected chi connectivity index (χ0v) is 15.9. The zero-order valence-electron chi connectivity index (χ0n) is 14.4. The third kappa shape index (κ3) is 5.21. The van der Waals surface area contributed by atoms with Crippen LogP contribution < -0.4 is 5.32 Å². The Bertz CT molecular complexity index is 806. The van der Waals surface area contributed by atoms with Gasteiger partial charge in [0.2, 0.25) is 5.91 Å². The maximum Gasteiger partial charge on any atom is 0.251 e. The monoisotopic (exact) mass is 378 g/mol. The minimum absolute atomic E-state index is 0.0759. The highest BCUT2D eigenvalue weighted by Gasteiger charge is 2.14. The summed E-state index contributed by atoms with van der Waals surface area (Å²) in [5.41, 5.74) is 3.49. The SMILES string of the molecule is Cc1ccc(C(=O)NCC(=O)N(C)Cc2ccc(Cl)cc2Cl)cc1C. The van der Waals surface area contributed by atoms with Crippen LogP contribution in [0.1, 0.15) is 27.0 Å². The highest BCUT2D eigenvalue weighted by molar-refractivity contribution is 6.35. The van der Waals surface area contributed by atoms with Crippen molar-refractivity contribution in [1.29, 1.82) is 0 Å². The number of halogens is 2. The Hall–Kier alpha value is -2.04. The Balaban J connectivity index is 1.92. The van der Waals surface area contributed by atoms with Gasteiger partial charge in [-0.2, -0.15) is 0 Å². The van der Waals surface area contributed by atoms with Crippen molar-refractivity contribution in [2.75, 3.05) is 13.6 Å².